The van der Waals surface area contributed by atoms with Crippen molar-refractivity contribution in [2.24, 2.45) is 0 Å². The zero-order valence-electron chi connectivity index (χ0n) is 16.8. The van der Waals surface area contributed by atoms with Crippen LogP contribution in [0.4, 0.5) is 0 Å². The second kappa shape index (κ2) is 8.31. The molecule has 0 aliphatic carbocycles. The van der Waals surface area contributed by atoms with Crippen LogP contribution in [0.2, 0.25) is 0 Å². The summed E-state index contributed by atoms with van der Waals surface area (Å²) in [5, 5.41) is 19.0. The van der Waals surface area contributed by atoms with Gasteiger partial charge in [0.05, 0.1) is 12.6 Å². The van der Waals surface area contributed by atoms with E-state index in [4.69, 9.17) is 4.42 Å². The van der Waals surface area contributed by atoms with E-state index in [2.05, 4.69) is 0 Å². The van der Waals surface area contributed by atoms with Gasteiger partial charge in [-0.3, -0.25) is 19.3 Å². The van der Waals surface area contributed by atoms with Gasteiger partial charge in [0.2, 0.25) is 0 Å². The molecular formula is C23H20N2O5. The van der Waals surface area contributed by atoms with Crippen LogP contribution in [-0.2, 0) is 9.59 Å². The first-order chi connectivity index (χ1) is 14.2. The summed E-state index contributed by atoms with van der Waals surface area (Å²) in [7, 11) is 0. The van der Waals surface area contributed by atoms with Crippen LogP contribution in [0, 0.1) is 11.3 Å². The zero-order valence-corrected chi connectivity index (χ0v) is 16.8. The third-order valence-electron chi connectivity index (χ3n) is 4.76. The number of Topliss-reactive ketones (excluding diaryl/α,β-unsaturated/α-hetero) is 1. The number of carbonyl (C=O) groups excluding carboxylic acids is 3. The molecule has 1 aromatic carbocycles. The third kappa shape index (κ3) is 4.00. The molecule has 1 N–H and O–H groups in total. The number of carbonyl (C=O) groups is 3. The summed E-state index contributed by atoms with van der Waals surface area (Å²) in [6, 6.07) is 12.2. The highest BCUT2D eigenvalue weighted by Crippen LogP contribution is 2.29. The average Bonchev–Trinajstić information content (AvgIpc) is 3.17. The van der Waals surface area contributed by atoms with Crippen molar-refractivity contribution < 1.29 is 23.9 Å². The number of amides is 2. The summed E-state index contributed by atoms with van der Waals surface area (Å²) in [5.74, 6) is -0.440. The van der Waals surface area contributed by atoms with E-state index < -0.39 is 17.9 Å². The van der Waals surface area contributed by atoms with E-state index in [-0.39, 0.29) is 29.0 Å². The van der Waals surface area contributed by atoms with Crippen LogP contribution >= 0.6 is 0 Å². The smallest absolute Gasteiger partial charge is 0.271 e. The van der Waals surface area contributed by atoms with Gasteiger partial charge in [-0.05, 0) is 44.6 Å². The summed E-state index contributed by atoms with van der Waals surface area (Å²) < 4.78 is 5.81. The number of ketones is 1. The first-order valence-corrected chi connectivity index (χ1v) is 9.31. The molecule has 2 heterocycles. The molecule has 1 unspecified atom stereocenters. The van der Waals surface area contributed by atoms with Gasteiger partial charge >= 0.3 is 0 Å². The number of furan rings is 1. The van der Waals surface area contributed by atoms with E-state index in [1.807, 2.05) is 6.07 Å². The highest BCUT2D eigenvalue weighted by molar-refractivity contribution is 6.19. The van der Waals surface area contributed by atoms with E-state index in [0.29, 0.717) is 17.1 Å². The lowest BCUT2D eigenvalue weighted by Gasteiger charge is -2.28. The van der Waals surface area contributed by atoms with Crippen molar-refractivity contribution in [3.05, 3.63) is 64.4 Å². The van der Waals surface area contributed by atoms with Crippen molar-refractivity contribution in [2.45, 2.75) is 26.9 Å². The molecule has 2 aromatic rings. The van der Waals surface area contributed by atoms with Gasteiger partial charge in [0.15, 0.2) is 5.78 Å². The van der Waals surface area contributed by atoms with E-state index in [0.717, 1.165) is 10.5 Å². The van der Waals surface area contributed by atoms with Crippen LogP contribution < -0.4 is 0 Å². The van der Waals surface area contributed by atoms with Gasteiger partial charge in [0.1, 0.15) is 23.2 Å². The molecule has 0 bridgehead atoms. The Hall–Kier alpha value is -3.76. The minimum atomic E-state index is -0.925. The highest BCUT2D eigenvalue weighted by atomic mass is 16.3. The minimum Gasteiger partial charge on any atom is -0.457 e. The number of nitrogens with zero attached hydrogens (tertiary/aromatic N) is 2. The number of aliphatic hydroxyl groups excluding tert-OH is 1. The molecule has 7 nitrogen and oxygen atoms in total. The Bertz CT molecular complexity index is 1130. The molecule has 0 saturated carbocycles. The molecular weight excluding hydrogens is 384 g/mol. The number of imide groups is 1. The molecule has 1 aliphatic heterocycles. The summed E-state index contributed by atoms with van der Waals surface area (Å²) in [6.45, 7) is 4.27. The lowest BCUT2D eigenvalue weighted by atomic mass is 9.94. The first-order valence-electron chi connectivity index (χ1n) is 9.31. The topological polar surface area (TPSA) is 112 Å². The van der Waals surface area contributed by atoms with Gasteiger partial charge < -0.3 is 9.52 Å². The zero-order chi connectivity index (χ0) is 22.0. The fourth-order valence-electron chi connectivity index (χ4n) is 3.16. The summed E-state index contributed by atoms with van der Waals surface area (Å²) in [5.41, 5.74) is 1.62. The van der Waals surface area contributed by atoms with Gasteiger partial charge in [0, 0.05) is 16.7 Å². The Morgan fingerprint density at radius 1 is 1.20 bits per heavy atom. The quantitative estimate of drug-likeness (QED) is 0.466. The van der Waals surface area contributed by atoms with E-state index in [1.54, 1.807) is 36.4 Å². The summed E-state index contributed by atoms with van der Waals surface area (Å²) in [4.78, 5) is 37.5. The molecule has 1 aliphatic rings. The van der Waals surface area contributed by atoms with Crippen molar-refractivity contribution in [3.63, 3.8) is 0 Å². The molecule has 2 amide bonds. The lowest BCUT2D eigenvalue weighted by Crippen LogP contribution is -2.45. The Morgan fingerprint density at radius 3 is 2.43 bits per heavy atom. The maximum Gasteiger partial charge on any atom is 0.271 e. The minimum absolute atomic E-state index is 0.0333. The molecule has 0 saturated heterocycles. The van der Waals surface area contributed by atoms with Crippen LogP contribution in [-0.4, -0.2) is 40.3 Å². The summed E-state index contributed by atoms with van der Waals surface area (Å²) >= 11 is 0. The number of nitriles is 1. The van der Waals surface area contributed by atoms with Crippen molar-refractivity contribution in [1.29, 1.82) is 5.26 Å². The van der Waals surface area contributed by atoms with Crippen molar-refractivity contribution >= 4 is 23.7 Å². The molecule has 7 heteroatoms. The molecule has 1 atom stereocenters. The van der Waals surface area contributed by atoms with Crippen LogP contribution in [0.3, 0.4) is 0 Å². The van der Waals surface area contributed by atoms with Gasteiger partial charge in [-0.15, -0.1) is 0 Å². The molecule has 0 spiro atoms. The highest BCUT2D eigenvalue weighted by Gasteiger charge is 2.36. The third-order valence-corrected chi connectivity index (χ3v) is 4.76. The standard InChI is InChI=1S/C23H20N2O5/c1-13(26)12-25-22(28)19(14(2)20(11-24)23(25)29)10-18-8-9-21(30-18)17-6-4-16(5-7-17)15(3)27/h4-10,13,26H,12H2,1-3H3/b19-10+. The Morgan fingerprint density at radius 2 is 1.87 bits per heavy atom. The van der Waals surface area contributed by atoms with Gasteiger partial charge in [-0.1, -0.05) is 24.3 Å². The second-order valence-electron chi connectivity index (χ2n) is 7.08. The predicted molar refractivity (Wildman–Crippen MR) is 109 cm³/mol. The van der Waals surface area contributed by atoms with Gasteiger partial charge in [-0.25, -0.2) is 0 Å². The molecule has 152 valence electrons. The molecule has 0 radical (unpaired) electrons. The molecule has 30 heavy (non-hydrogen) atoms. The molecule has 1 aromatic heterocycles. The van der Waals surface area contributed by atoms with Gasteiger partial charge in [0.25, 0.3) is 11.8 Å². The first kappa shape index (κ1) is 21.0. The molecule has 3 rings (SSSR count). The van der Waals surface area contributed by atoms with E-state index in [1.165, 1.54) is 26.8 Å². The Balaban J connectivity index is 1.98. The largest absolute Gasteiger partial charge is 0.457 e. The maximum atomic E-state index is 12.8. The number of benzene rings is 1. The number of rotatable bonds is 5. The Labute approximate surface area is 173 Å². The number of hydrogen-bond donors (Lipinski definition) is 1. The average molecular weight is 404 g/mol. The number of β-amino-alcohol motifs (C(OH)–C–C–N with tert-alkyl or cyclic N) is 1. The maximum absolute atomic E-state index is 12.8. The van der Waals surface area contributed by atoms with E-state index >= 15 is 0 Å². The fourth-order valence-corrected chi connectivity index (χ4v) is 3.16. The number of hydrogen-bond acceptors (Lipinski definition) is 6. The van der Waals surface area contributed by atoms with Crippen LogP contribution in [0.5, 0.6) is 0 Å². The Kier molecular flexibility index (Phi) is 5.81. The second-order valence-corrected chi connectivity index (χ2v) is 7.08. The SMILES string of the molecule is CC(=O)c1ccc(-c2ccc(/C=C3/C(=O)N(CC(C)O)C(=O)C(C#N)=C3C)o2)cc1. The number of aliphatic hydroxyl groups is 1. The van der Waals surface area contributed by atoms with Gasteiger partial charge in [-0.2, -0.15) is 5.26 Å². The lowest BCUT2D eigenvalue weighted by molar-refractivity contribution is -0.141. The monoisotopic (exact) mass is 404 g/mol. The van der Waals surface area contributed by atoms with Crippen molar-refractivity contribution in [2.75, 3.05) is 6.54 Å². The fraction of sp³-hybridized carbons (Fsp3) is 0.217. The predicted octanol–water partition coefficient (Wildman–Crippen LogP) is 3.12. The van der Waals surface area contributed by atoms with E-state index in [9.17, 15) is 24.8 Å². The van der Waals surface area contributed by atoms with Crippen LogP contribution in [0.25, 0.3) is 17.4 Å². The van der Waals surface area contributed by atoms with Crippen molar-refractivity contribution in [3.8, 4) is 17.4 Å². The van der Waals surface area contributed by atoms with Crippen LogP contribution in [0.1, 0.15) is 36.9 Å². The molecule has 0 fully saturated rings. The van der Waals surface area contributed by atoms with Crippen LogP contribution in [0.15, 0.2) is 57.5 Å². The normalized spacial score (nSPS) is 16.8. The van der Waals surface area contributed by atoms with Crippen molar-refractivity contribution in [1.82, 2.24) is 4.90 Å². The summed E-state index contributed by atoms with van der Waals surface area (Å²) in [6.07, 6.45) is 0.551.